The highest BCUT2D eigenvalue weighted by molar-refractivity contribution is 6.30. The predicted octanol–water partition coefficient (Wildman–Crippen LogP) is 2.33. The molecule has 0 saturated heterocycles. The standard InChI is InChI=1S/C15H19ClN4O3/c1-15(2,11-4-3-5-12(16)6-11)17-8-14(21)10-19-9-13(7-18-19)20(22)23/h3-7,9,14,17,21H,8,10H2,1-2H3. The highest BCUT2D eigenvalue weighted by Crippen LogP contribution is 2.23. The van der Waals surface area contributed by atoms with Gasteiger partial charge < -0.3 is 10.4 Å². The van der Waals surface area contributed by atoms with Crippen molar-refractivity contribution in [3.05, 3.63) is 57.4 Å². The molecule has 0 aliphatic carbocycles. The Balaban J connectivity index is 1.92. The number of aliphatic hydroxyl groups is 1. The van der Waals surface area contributed by atoms with Gasteiger partial charge in [0.15, 0.2) is 0 Å². The number of hydrogen-bond donors (Lipinski definition) is 2. The number of hydrogen-bond acceptors (Lipinski definition) is 5. The van der Waals surface area contributed by atoms with Gasteiger partial charge in [0.25, 0.3) is 0 Å². The lowest BCUT2D eigenvalue weighted by Gasteiger charge is -2.28. The van der Waals surface area contributed by atoms with Crippen LogP contribution in [0.15, 0.2) is 36.7 Å². The topological polar surface area (TPSA) is 93.2 Å². The Morgan fingerprint density at radius 1 is 1.52 bits per heavy atom. The fourth-order valence-electron chi connectivity index (χ4n) is 2.18. The molecular weight excluding hydrogens is 320 g/mol. The molecule has 0 bridgehead atoms. The van der Waals surface area contributed by atoms with Crippen LogP contribution in [0.1, 0.15) is 19.4 Å². The lowest BCUT2D eigenvalue weighted by atomic mass is 9.94. The number of benzene rings is 1. The minimum absolute atomic E-state index is 0.0931. The van der Waals surface area contributed by atoms with E-state index >= 15 is 0 Å². The lowest BCUT2D eigenvalue weighted by Crippen LogP contribution is -2.42. The first-order valence-electron chi connectivity index (χ1n) is 7.14. The van der Waals surface area contributed by atoms with Gasteiger partial charge in [0.2, 0.25) is 0 Å². The minimum atomic E-state index is -0.729. The van der Waals surface area contributed by atoms with Crippen LogP contribution in [0, 0.1) is 10.1 Å². The van der Waals surface area contributed by atoms with Gasteiger partial charge in [0, 0.05) is 17.1 Å². The molecule has 1 atom stereocenters. The molecule has 0 amide bonds. The molecule has 0 radical (unpaired) electrons. The fraction of sp³-hybridized carbons (Fsp3) is 0.400. The van der Waals surface area contributed by atoms with E-state index in [1.165, 1.54) is 10.9 Å². The van der Waals surface area contributed by atoms with Crippen LogP contribution in [-0.2, 0) is 12.1 Å². The van der Waals surface area contributed by atoms with Gasteiger partial charge in [0.1, 0.15) is 12.4 Å². The number of nitrogens with one attached hydrogen (secondary N) is 1. The number of halogens is 1. The summed E-state index contributed by atoms with van der Waals surface area (Å²) in [6.07, 6.45) is 1.73. The Kier molecular flexibility index (Phi) is 5.35. The third kappa shape index (κ3) is 4.75. The molecule has 1 heterocycles. The minimum Gasteiger partial charge on any atom is -0.390 e. The summed E-state index contributed by atoms with van der Waals surface area (Å²) in [7, 11) is 0. The van der Waals surface area contributed by atoms with Crippen LogP contribution >= 0.6 is 11.6 Å². The first-order chi connectivity index (χ1) is 10.8. The van der Waals surface area contributed by atoms with Crippen molar-refractivity contribution in [2.75, 3.05) is 6.54 Å². The molecule has 124 valence electrons. The number of aliphatic hydroxyl groups excluding tert-OH is 1. The summed E-state index contributed by atoms with van der Waals surface area (Å²) < 4.78 is 1.36. The summed E-state index contributed by atoms with van der Waals surface area (Å²) in [4.78, 5) is 10.1. The van der Waals surface area contributed by atoms with Gasteiger partial charge in [-0.25, -0.2) is 0 Å². The highest BCUT2D eigenvalue weighted by atomic mass is 35.5. The van der Waals surface area contributed by atoms with E-state index in [2.05, 4.69) is 10.4 Å². The molecular formula is C15H19ClN4O3. The van der Waals surface area contributed by atoms with Crippen LogP contribution < -0.4 is 5.32 Å². The summed E-state index contributed by atoms with van der Waals surface area (Å²) in [6, 6.07) is 7.51. The van der Waals surface area contributed by atoms with Crippen LogP contribution in [0.5, 0.6) is 0 Å². The molecule has 7 nitrogen and oxygen atoms in total. The SMILES string of the molecule is CC(C)(NCC(O)Cn1cc([N+](=O)[O-])cn1)c1cccc(Cl)c1. The van der Waals surface area contributed by atoms with Crippen LogP contribution in [0.4, 0.5) is 5.69 Å². The molecule has 0 aliphatic rings. The van der Waals surface area contributed by atoms with Crippen molar-refractivity contribution in [3.8, 4) is 0 Å². The number of rotatable bonds is 7. The third-order valence-electron chi connectivity index (χ3n) is 3.55. The van der Waals surface area contributed by atoms with Crippen molar-refractivity contribution in [1.29, 1.82) is 0 Å². The smallest absolute Gasteiger partial charge is 0.306 e. The maximum atomic E-state index is 10.6. The fourth-order valence-corrected chi connectivity index (χ4v) is 2.37. The zero-order chi connectivity index (χ0) is 17.0. The van der Waals surface area contributed by atoms with Gasteiger partial charge in [0.05, 0.1) is 17.6 Å². The Morgan fingerprint density at radius 2 is 2.26 bits per heavy atom. The third-order valence-corrected chi connectivity index (χ3v) is 3.79. The average Bonchev–Trinajstić information content (AvgIpc) is 2.94. The number of nitrogens with zero attached hydrogens (tertiary/aromatic N) is 3. The molecule has 1 unspecified atom stereocenters. The van der Waals surface area contributed by atoms with Crippen molar-refractivity contribution in [2.45, 2.75) is 32.0 Å². The molecule has 2 aromatic rings. The van der Waals surface area contributed by atoms with Crippen LogP contribution in [-0.4, -0.2) is 32.5 Å². The summed E-state index contributed by atoms with van der Waals surface area (Å²) >= 11 is 6.01. The Bertz CT molecular complexity index is 687. The summed E-state index contributed by atoms with van der Waals surface area (Å²) in [5.74, 6) is 0. The molecule has 23 heavy (non-hydrogen) atoms. The molecule has 0 aliphatic heterocycles. The Hall–Kier alpha value is -1.96. The number of aromatic nitrogens is 2. The normalized spacial score (nSPS) is 13.0. The van der Waals surface area contributed by atoms with Gasteiger partial charge in [-0.15, -0.1) is 0 Å². The molecule has 8 heteroatoms. The largest absolute Gasteiger partial charge is 0.390 e. The van der Waals surface area contributed by atoms with E-state index in [1.807, 2.05) is 32.0 Å². The molecule has 0 spiro atoms. The van der Waals surface area contributed by atoms with Crippen molar-refractivity contribution in [3.63, 3.8) is 0 Å². The van der Waals surface area contributed by atoms with E-state index in [0.29, 0.717) is 11.6 Å². The van der Waals surface area contributed by atoms with Crippen LogP contribution in [0.25, 0.3) is 0 Å². The van der Waals surface area contributed by atoms with Gasteiger partial charge in [-0.3, -0.25) is 14.8 Å². The van der Waals surface area contributed by atoms with Gasteiger partial charge in [-0.2, -0.15) is 5.10 Å². The predicted molar refractivity (Wildman–Crippen MR) is 87.4 cm³/mol. The average molecular weight is 339 g/mol. The molecule has 2 N–H and O–H groups in total. The van der Waals surface area contributed by atoms with E-state index in [4.69, 9.17) is 11.6 Å². The summed E-state index contributed by atoms with van der Waals surface area (Å²) in [5.41, 5.74) is 0.540. The Labute approximate surface area is 139 Å². The van der Waals surface area contributed by atoms with E-state index in [0.717, 1.165) is 11.8 Å². The number of nitro groups is 1. The maximum Gasteiger partial charge on any atom is 0.306 e. The second-order valence-corrected chi connectivity index (χ2v) is 6.28. The highest BCUT2D eigenvalue weighted by Gasteiger charge is 2.21. The first-order valence-corrected chi connectivity index (χ1v) is 7.52. The zero-order valence-electron chi connectivity index (χ0n) is 12.9. The van der Waals surface area contributed by atoms with Gasteiger partial charge in [-0.1, -0.05) is 23.7 Å². The van der Waals surface area contributed by atoms with E-state index < -0.39 is 11.0 Å². The van der Waals surface area contributed by atoms with E-state index in [1.54, 1.807) is 6.07 Å². The van der Waals surface area contributed by atoms with Crippen molar-refractivity contribution >= 4 is 17.3 Å². The second kappa shape index (κ2) is 7.08. The summed E-state index contributed by atoms with van der Waals surface area (Å²) in [5, 5.41) is 28.5. The molecule has 1 aromatic heterocycles. The van der Waals surface area contributed by atoms with Crippen molar-refractivity contribution < 1.29 is 10.0 Å². The second-order valence-electron chi connectivity index (χ2n) is 5.85. The van der Waals surface area contributed by atoms with Crippen LogP contribution in [0.2, 0.25) is 5.02 Å². The molecule has 2 rings (SSSR count). The molecule has 1 aromatic carbocycles. The molecule has 0 saturated carbocycles. The van der Waals surface area contributed by atoms with Gasteiger partial charge in [-0.05, 0) is 31.5 Å². The molecule has 0 fully saturated rings. The summed E-state index contributed by atoms with van der Waals surface area (Å²) in [6.45, 7) is 4.47. The van der Waals surface area contributed by atoms with Crippen molar-refractivity contribution in [2.24, 2.45) is 0 Å². The first kappa shape index (κ1) is 17.4. The van der Waals surface area contributed by atoms with E-state index in [-0.39, 0.29) is 17.8 Å². The van der Waals surface area contributed by atoms with E-state index in [9.17, 15) is 15.2 Å². The van der Waals surface area contributed by atoms with Crippen LogP contribution in [0.3, 0.4) is 0 Å². The monoisotopic (exact) mass is 338 g/mol. The Morgan fingerprint density at radius 3 is 2.87 bits per heavy atom. The quantitative estimate of drug-likeness (QED) is 0.597. The van der Waals surface area contributed by atoms with Gasteiger partial charge >= 0.3 is 5.69 Å². The lowest BCUT2D eigenvalue weighted by molar-refractivity contribution is -0.385. The maximum absolute atomic E-state index is 10.6. The van der Waals surface area contributed by atoms with Crippen molar-refractivity contribution in [1.82, 2.24) is 15.1 Å². The zero-order valence-corrected chi connectivity index (χ0v) is 13.7.